The Morgan fingerprint density at radius 3 is 2.00 bits per heavy atom. The van der Waals surface area contributed by atoms with E-state index < -0.39 is 0 Å². The maximum Gasteiger partial charge on any atom is 0.200 e. The van der Waals surface area contributed by atoms with Crippen LogP contribution in [0, 0.1) is 0 Å². The number of hydrogen-bond acceptors (Lipinski definition) is 4. The van der Waals surface area contributed by atoms with E-state index in [2.05, 4.69) is 37.3 Å². The summed E-state index contributed by atoms with van der Waals surface area (Å²) in [6.07, 6.45) is 0.497. The zero-order chi connectivity index (χ0) is 24.9. The van der Waals surface area contributed by atoms with Gasteiger partial charge in [-0.2, -0.15) is 0 Å². The van der Waals surface area contributed by atoms with Crippen molar-refractivity contribution < 1.29 is 13.9 Å². The predicted molar refractivity (Wildman–Crippen MR) is 144 cm³/mol. The quantitative estimate of drug-likeness (QED) is 0.205. The van der Waals surface area contributed by atoms with Crippen molar-refractivity contribution in [3.05, 3.63) is 130 Å². The van der Waals surface area contributed by atoms with Crippen LogP contribution in [-0.4, -0.2) is 13.7 Å². The van der Waals surface area contributed by atoms with Gasteiger partial charge in [0.15, 0.2) is 0 Å². The molecule has 0 aliphatic heterocycles. The summed E-state index contributed by atoms with van der Waals surface area (Å²) in [7, 11) is 1.71. The molecule has 0 fully saturated rings. The molecule has 0 amide bonds. The Bertz CT molecular complexity index is 1490. The summed E-state index contributed by atoms with van der Waals surface area (Å²) in [5.74, 6) is 0.156. The molecule has 1 heterocycles. The highest BCUT2D eigenvalue weighted by molar-refractivity contribution is 5.89. The minimum absolute atomic E-state index is 0.00237. The van der Waals surface area contributed by atoms with Crippen molar-refractivity contribution in [3.8, 4) is 0 Å². The van der Waals surface area contributed by atoms with Crippen LogP contribution in [0.15, 0.2) is 112 Å². The lowest BCUT2D eigenvalue weighted by Crippen LogP contribution is -2.15. The lowest BCUT2D eigenvalue weighted by Gasteiger charge is -2.25. The second-order valence-corrected chi connectivity index (χ2v) is 9.19. The fourth-order valence-corrected chi connectivity index (χ4v) is 4.72. The highest BCUT2D eigenvalue weighted by atomic mass is 16.5. The number of fused-ring (bicyclic) bond motifs is 2. The van der Waals surface area contributed by atoms with Gasteiger partial charge in [-0.15, -0.1) is 0 Å². The van der Waals surface area contributed by atoms with Crippen molar-refractivity contribution in [2.45, 2.75) is 31.5 Å². The zero-order valence-electron chi connectivity index (χ0n) is 20.6. The van der Waals surface area contributed by atoms with Crippen molar-refractivity contribution in [2.75, 3.05) is 13.7 Å². The average molecular weight is 479 g/mol. The highest BCUT2D eigenvalue weighted by Gasteiger charge is 2.21. The smallest absolute Gasteiger partial charge is 0.200 e. The van der Waals surface area contributed by atoms with E-state index in [1.165, 1.54) is 0 Å². The van der Waals surface area contributed by atoms with E-state index in [0.29, 0.717) is 28.5 Å². The highest BCUT2D eigenvalue weighted by Crippen LogP contribution is 2.33. The Hall–Kier alpha value is -3.73. The van der Waals surface area contributed by atoms with Gasteiger partial charge >= 0.3 is 0 Å². The molecule has 4 aromatic carbocycles. The van der Waals surface area contributed by atoms with Crippen molar-refractivity contribution >= 4 is 21.9 Å². The van der Waals surface area contributed by atoms with Gasteiger partial charge in [0.1, 0.15) is 17.3 Å². The van der Waals surface area contributed by atoms with Gasteiger partial charge in [-0.05, 0) is 53.3 Å². The van der Waals surface area contributed by atoms with Gasteiger partial charge in [-0.3, -0.25) is 4.79 Å². The average Bonchev–Trinajstić information content (AvgIpc) is 2.93. The van der Waals surface area contributed by atoms with Crippen molar-refractivity contribution in [2.24, 2.45) is 0 Å². The van der Waals surface area contributed by atoms with Gasteiger partial charge in [0, 0.05) is 7.11 Å². The Morgan fingerprint density at radius 1 is 0.694 bits per heavy atom. The van der Waals surface area contributed by atoms with E-state index in [-0.39, 0.29) is 23.6 Å². The first-order valence-electron chi connectivity index (χ1n) is 12.3. The Labute approximate surface area is 211 Å². The van der Waals surface area contributed by atoms with E-state index in [9.17, 15) is 4.79 Å². The molecule has 5 rings (SSSR count). The summed E-state index contributed by atoms with van der Waals surface area (Å²) < 4.78 is 18.2. The molecule has 3 unspecified atom stereocenters. The first-order chi connectivity index (χ1) is 17.6. The first-order valence-corrected chi connectivity index (χ1v) is 12.3. The molecule has 0 radical (unpaired) electrons. The van der Waals surface area contributed by atoms with Crippen LogP contribution in [-0.2, 0) is 9.47 Å². The minimum atomic E-state index is -0.147. The van der Waals surface area contributed by atoms with Gasteiger partial charge in [0.2, 0.25) is 5.43 Å². The molecule has 0 aliphatic rings. The van der Waals surface area contributed by atoms with Gasteiger partial charge in [0.05, 0.1) is 23.5 Å². The number of benzene rings is 4. The Balaban J connectivity index is 1.40. The largest absolute Gasteiger partial charge is 0.456 e. The molecule has 4 heteroatoms. The molecule has 0 aliphatic carbocycles. The fourth-order valence-electron chi connectivity index (χ4n) is 4.72. The third kappa shape index (κ3) is 5.11. The molecule has 0 bridgehead atoms. The van der Waals surface area contributed by atoms with Crippen LogP contribution >= 0.6 is 0 Å². The van der Waals surface area contributed by atoms with E-state index in [0.717, 1.165) is 23.1 Å². The van der Waals surface area contributed by atoms with Crippen LogP contribution in [0.25, 0.3) is 21.9 Å². The molecular formula is C32H30O4. The summed E-state index contributed by atoms with van der Waals surface area (Å²) >= 11 is 0. The molecule has 0 N–H and O–H groups in total. The standard InChI is InChI=1S/C32H30O4/c1-22(25-17-18-29-27(20-25)32(33)26-15-9-10-16-28(26)36-29)19-30(23-11-5-3-6-12-23)35-21-31(34-2)24-13-7-4-8-14-24/h3-18,20,22,30-31H,19,21H2,1-2H3. The van der Waals surface area contributed by atoms with Crippen molar-refractivity contribution in [1.82, 2.24) is 0 Å². The Kier molecular flexibility index (Phi) is 7.26. The maximum absolute atomic E-state index is 13.2. The monoisotopic (exact) mass is 478 g/mol. The van der Waals surface area contributed by atoms with Gasteiger partial charge in [-0.25, -0.2) is 0 Å². The molecule has 182 valence electrons. The van der Waals surface area contributed by atoms with E-state index in [1.807, 2.05) is 72.8 Å². The number of methoxy groups -OCH3 is 1. The molecular weight excluding hydrogens is 448 g/mol. The zero-order valence-corrected chi connectivity index (χ0v) is 20.6. The molecule has 0 saturated heterocycles. The normalized spacial score (nSPS) is 14.1. The number of ether oxygens (including phenoxy) is 2. The molecule has 0 saturated carbocycles. The number of rotatable bonds is 9. The summed E-state index contributed by atoms with van der Waals surface area (Å²) in [5, 5.41) is 1.21. The molecule has 1 aromatic heterocycles. The van der Waals surface area contributed by atoms with Crippen LogP contribution in [0.2, 0.25) is 0 Å². The molecule has 36 heavy (non-hydrogen) atoms. The van der Waals surface area contributed by atoms with E-state index in [1.54, 1.807) is 7.11 Å². The topological polar surface area (TPSA) is 48.7 Å². The summed E-state index contributed by atoms with van der Waals surface area (Å²) in [4.78, 5) is 13.2. The lowest BCUT2D eigenvalue weighted by molar-refractivity contribution is -0.0343. The molecule has 3 atom stereocenters. The van der Waals surface area contributed by atoms with Gasteiger partial charge in [-0.1, -0.05) is 85.8 Å². The van der Waals surface area contributed by atoms with E-state index >= 15 is 0 Å². The minimum Gasteiger partial charge on any atom is -0.456 e. The fraction of sp³-hybridized carbons (Fsp3) is 0.219. The summed E-state index contributed by atoms with van der Waals surface area (Å²) in [5.41, 5.74) is 4.52. The van der Waals surface area contributed by atoms with Crippen molar-refractivity contribution in [1.29, 1.82) is 0 Å². The van der Waals surface area contributed by atoms with Crippen LogP contribution in [0.5, 0.6) is 0 Å². The van der Waals surface area contributed by atoms with Crippen LogP contribution < -0.4 is 5.43 Å². The van der Waals surface area contributed by atoms with Crippen molar-refractivity contribution in [3.63, 3.8) is 0 Å². The van der Waals surface area contributed by atoms with Gasteiger partial charge < -0.3 is 13.9 Å². The van der Waals surface area contributed by atoms with Gasteiger partial charge in [0.25, 0.3) is 0 Å². The maximum atomic E-state index is 13.2. The van der Waals surface area contributed by atoms with Crippen LogP contribution in [0.3, 0.4) is 0 Å². The number of para-hydroxylation sites is 1. The summed E-state index contributed by atoms with van der Waals surface area (Å²) in [6.45, 7) is 2.62. The first kappa shape index (κ1) is 24.0. The molecule has 5 aromatic rings. The van der Waals surface area contributed by atoms with E-state index in [4.69, 9.17) is 13.9 Å². The second kappa shape index (κ2) is 10.9. The van der Waals surface area contributed by atoms with Crippen LogP contribution in [0.1, 0.15) is 48.2 Å². The third-order valence-corrected chi connectivity index (χ3v) is 6.81. The SMILES string of the molecule is COC(COC(CC(C)c1ccc2oc3ccccc3c(=O)c2c1)c1ccccc1)c1ccccc1. The predicted octanol–water partition coefficient (Wildman–Crippen LogP) is 7.59. The summed E-state index contributed by atoms with van der Waals surface area (Å²) in [6, 6.07) is 33.7. The second-order valence-electron chi connectivity index (χ2n) is 9.19. The lowest BCUT2D eigenvalue weighted by atomic mass is 9.91. The molecule has 4 nitrogen and oxygen atoms in total. The third-order valence-electron chi connectivity index (χ3n) is 6.81. The van der Waals surface area contributed by atoms with Crippen LogP contribution in [0.4, 0.5) is 0 Å². The Morgan fingerprint density at radius 2 is 1.31 bits per heavy atom. The number of hydrogen-bond donors (Lipinski definition) is 0. The molecule has 0 spiro atoms.